The van der Waals surface area contributed by atoms with Crippen LogP contribution in [0.5, 0.6) is 0 Å². The van der Waals surface area contributed by atoms with Crippen LogP contribution in [0.25, 0.3) is 0 Å². The summed E-state index contributed by atoms with van der Waals surface area (Å²) in [6, 6.07) is 0. The van der Waals surface area contributed by atoms with E-state index in [0.717, 1.165) is 63.9 Å². The summed E-state index contributed by atoms with van der Waals surface area (Å²) in [5.41, 5.74) is 0. The molecule has 0 spiro atoms. The molecular formula is C38H76N4O2S4. The summed E-state index contributed by atoms with van der Waals surface area (Å²) in [6.45, 7) is 11.7. The first-order chi connectivity index (χ1) is 23.7. The van der Waals surface area contributed by atoms with Crippen LogP contribution in [0.4, 0.5) is 0 Å². The lowest BCUT2D eigenvalue weighted by molar-refractivity contribution is -0.122. The van der Waals surface area contributed by atoms with Crippen LogP contribution in [-0.2, 0) is 9.59 Å². The van der Waals surface area contributed by atoms with Crippen molar-refractivity contribution in [2.75, 3.05) is 75.4 Å². The van der Waals surface area contributed by atoms with Crippen molar-refractivity contribution < 1.29 is 9.59 Å². The van der Waals surface area contributed by atoms with Gasteiger partial charge in [-0.1, -0.05) is 173 Å². The van der Waals surface area contributed by atoms with E-state index in [2.05, 4.69) is 34.3 Å². The summed E-state index contributed by atoms with van der Waals surface area (Å²) in [5, 5.41) is 6.19. The van der Waals surface area contributed by atoms with Crippen LogP contribution in [-0.4, -0.2) is 97.0 Å². The number of nitrogens with one attached hydrogen (secondary N) is 2. The Kier molecular flexibility index (Phi) is 35.7. The first kappa shape index (κ1) is 46.3. The van der Waals surface area contributed by atoms with E-state index in [0.29, 0.717) is 12.8 Å². The van der Waals surface area contributed by atoms with Crippen LogP contribution in [0.2, 0.25) is 0 Å². The second-order valence-corrected chi connectivity index (χ2v) is 18.9. The Hall–Kier alpha value is 0.260. The Bertz CT molecular complexity index is 656. The van der Waals surface area contributed by atoms with E-state index in [1.54, 1.807) is 0 Å². The van der Waals surface area contributed by atoms with E-state index < -0.39 is 0 Å². The maximum atomic E-state index is 12.3. The SMILES string of the molecule is CCCCCCCCCCCCSSCCNC(=O)CCN1CCN(CCC(=O)NCCSSCCCCCCCCCCCC)CC1. The summed E-state index contributed by atoms with van der Waals surface area (Å²) in [5.74, 6) is 4.76. The maximum absolute atomic E-state index is 12.3. The van der Waals surface area contributed by atoms with Gasteiger partial charge in [-0.15, -0.1) is 0 Å². The molecule has 1 saturated heterocycles. The molecule has 10 heteroatoms. The summed E-state index contributed by atoms with van der Waals surface area (Å²) < 4.78 is 0. The molecule has 2 N–H and O–H groups in total. The Morgan fingerprint density at radius 2 is 0.729 bits per heavy atom. The van der Waals surface area contributed by atoms with Crippen molar-refractivity contribution in [3.8, 4) is 0 Å². The minimum atomic E-state index is 0.171. The Morgan fingerprint density at radius 1 is 0.438 bits per heavy atom. The van der Waals surface area contributed by atoms with Gasteiger partial charge < -0.3 is 20.4 Å². The lowest BCUT2D eigenvalue weighted by Crippen LogP contribution is -2.48. The first-order valence-electron chi connectivity index (χ1n) is 20.1. The molecule has 0 aromatic rings. The van der Waals surface area contributed by atoms with E-state index in [1.807, 2.05) is 43.2 Å². The van der Waals surface area contributed by atoms with Gasteiger partial charge in [0.05, 0.1) is 0 Å². The molecule has 1 rings (SSSR count). The molecule has 0 saturated carbocycles. The van der Waals surface area contributed by atoms with Crippen molar-refractivity contribution in [1.82, 2.24) is 20.4 Å². The van der Waals surface area contributed by atoms with E-state index in [4.69, 9.17) is 0 Å². The van der Waals surface area contributed by atoms with Crippen LogP contribution in [0.3, 0.4) is 0 Å². The molecular weight excluding hydrogens is 673 g/mol. The molecule has 0 aromatic carbocycles. The van der Waals surface area contributed by atoms with Crippen LogP contribution in [0, 0.1) is 0 Å². The van der Waals surface area contributed by atoms with Gasteiger partial charge in [0.15, 0.2) is 0 Å². The van der Waals surface area contributed by atoms with Crippen molar-refractivity contribution >= 4 is 55.0 Å². The minimum Gasteiger partial charge on any atom is -0.355 e. The number of unbranched alkanes of at least 4 members (excludes halogenated alkanes) is 18. The molecule has 48 heavy (non-hydrogen) atoms. The molecule has 6 nitrogen and oxygen atoms in total. The van der Waals surface area contributed by atoms with Crippen molar-refractivity contribution in [2.24, 2.45) is 0 Å². The zero-order valence-electron chi connectivity index (χ0n) is 31.4. The monoisotopic (exact) mass is 748 g/mol. The maximum Gasteiger partial charge on any atom is 0.221 e. The molecule has 284 valence electrons. The third-order valence-electron chi connectivity index (χ3n) is 9.12. The van der Waals surface area contributed by atoms with Crippen LogP contribution >= 0.6 is 43.2 Å². The fraction of sp³-hybridized carbons (Fsp3) is 0.947. The molecule has 2 amide bonds. The molecule has 1 heterocycles. The molecule has 1 fully saturated rings. The second-order valence-electron chi connectivity index (χ2n) is 13.5. The molecule has 0 aromatic heterocycles. The molecule has 0 unspecified atom stereocenters. The highest BCUT2D eigenvalue weighted by Gasteiger charge is 2.18. The van der Waals surface area contributed by atoms with E-state index >= 15 is 0 Å². The highest BCUT2D eigenvalue weighted by atomic mass is 33.1. The summed E-state index contributed by atoms with van der Waals surface area (Å²) in [4.78, 5) is 29.4. The highest BCUT2D eigenvalue weighted by Crippen LogP contribution is 2.23. The largest absolute Gasteiger partial charge is 0.355 e. The van der Waals surface area contributed by atoms with Gasteiger partial charge in [0.1, 0.15) is 0 Å². The van der Waals surface area contributed by atoms with Crippen molar-refractivity contribution in [3.05, 3.63) is 0 Å². The smallest absolute Gasteiger partial charge is 0.221 e. The number of carbonyl (C=O) groups excluding carboxylic acids is 2. The Morgan fingerprint density at radius 3 is 1.06 bits per heavy atom. The van der Waals surface area contributed by atoms with Gasteiger partial charge in [0.2, 0.25) is 11.8 Å². The quantitative estimate of drug-likeness (QED) is 0.0485. The van der Waals surface area contributed by atoms with Gasteiger partial charge in [0.25, 0.3) is 0 Å². The number of hydrogen-bond donors (Lipinski definition) is 2. The zero-order valence-corrected chi connectivity index (χ0v) is 34.7. The van der Waals surface area contributed by atoms with Crippen LogP contribution in [0.15, 0.2) is 0 Å². The van der Waals surface area contributed by atoms with Crippen LogP contribution < -0.4 is 10.6 Å². The van der Waals surface area contributed by atoms with Gasteiger partial charge >= 0.3 is 0 Å². The van der Waals surface area contributed by atoms with E-state index in [-0.39, 0.29) is 11.8 Å². The van der Waals surface area contributed by atoms with Crippen molar-refractivity contribution in [1.29, 1.82) is 0 Å². The number of hydrogen-bond acceptors (Lipinski definition) is 8. The second kappa shape index (κ2) is 37.0. The standard InChI is InChI=1S/C38H76N4O2S4/c1-3-5-7-9-11-13-15-17-19-21-33-45-47-35-25-39-37(43)23-27-41-29-31-42(32-30-41)28-24-38(44)40-26-36-48-46-34-22-20-18-16-14-12-10-8-6-4-2/h3-36H2,1-2H3,(H,39,43)(H,40,44). The summed E-state index contributed by atoms with van der Waals surface area (Å²) in [7, 11) is 7.71. The average Bonchev–Trinajstić information content (AvgIpc) is 3.10. The number of amides is 2. The average molecular weight is 749 g/mol. The Labute approximate surface area is 313 Å². The summed E-state index contributed by atoms with van der Waals surface area (Å²) in [6.07, 6.45) is 29.0. The van der Waals surface area contributed by atoms with Gasteiger partial charge in [-0.3, -0.25) is 9.59 Å². The predicted octanol–water partition coefficient (Wildman–Crippen LogP) is 10.2. The van der Waals surface area contributed by atoms with Crippen molar-refractivity contribution in [2.45, 2.75) is 155 Å². The molecule has 1 aliphatic heterocycles. The van der Waals surface area contributed by atoms with Gasteiger partial charge in [0, 0.05) is 88.2 Å². The van der Waals surface area contributed by atoms with Crippen molar-refractivity contribution in [3.63, 3.8) is 0 Å². The van der Waals surface area contributed by atoms with Crippen LogP contribution in [0.1, 0.15) is 155 Å². The zero-order chi connectivity index (χ0) is 34.6. The molecule has 0 atom stereocenters. The number of rotatable bonds is 36. The minimum absolute atomic E-state index is 0.171. The van der Waals surface area contributed by atoms with E-state index in [9.17, 15) is 9.59 Å². The molecule has 0 aliphatic carbocycles. The predicted molar refractivity (Wildman–Crippen MR) is 222 cm³/mol. The fourth-order valence-electron chi connectivity index (χ4n) is 5.93. The number of nitrogens with zero attached hydrogens (tertiary/aromatic N) is 2. The van der Waals surface area contributed by atoms with Gasteiger partial charge in [-0.05, 0) is 12.8 Å². The number of piperazine rings is 1. The lowest BCUT2D eigenvalue weighted by atomic mass is 10.1. The van der Waals surface area contributed by atoms with E-state index in [1.165, 1.54) is 140 Å². The lowest BCUT2D eigenvalue weighted by Gasteiger charge is -2.34. The fourth-order valence-corrected chi connectivity index (χ4v) is 10.0. The molecule has 0 radical (unpaired) electrons. The third kappa shape index (κ3) is 32.2. The highest BCUT2D eigenvalue weighted by molar-refractivity contribution is 8.77. The molecule has 0 bridgehead atoms. The summed E-state index contributed by atoms with van der Waals surface area (Å²) >= 11 is 0. The van der Waals surface area contributed by atoms with Gasteiger partial charge in [-0.25, -0.2) is 0 Å². The number of carbonyl (C=O) groups is 2. The normalized spacial score (nSPS) is 14.0. The molecule has 1 aliphatic rings. The topological polar surface area (TPSA) is 64.7 Å². The van der Waals surface area contributed by atoms with Gasteiger partial charge in [-0.2, -0.15) is 0 Å². The first-order valence-corrected chi connectivity index (χ1v) is 25.1. The Balaban J connectivity index is 1.83. The third-order valence-corrected chi connectivity index (χ3v) is 14.1.